The van der Waals surface area contributed by atoms with Crippen LogP contribution in [-0.2, 0) is 18.9 Å². The maximum Gasteiger partial charge on any atom is 0.187 e. The SMILES string of the molecule is CC[C@@](C)(CC[C@@]1(C)[C@@H](C)C[C@H](O[C@@H]2O[C@@H](C)[C@H](O)[C@@H](O)[C@H]2O)[C@]2(C)C(C)=CCC[C@@H]12)O[C@H]1O[C@@H](C)[C@@H](O)[C@@H](O)[C@@H]1O. The van der Waals surface area contributed by atoms with Crippen molar-refractivity contribution in [2.24, 2.45) is 22.7 Å². The Hall–Kier alpha value is -0.660. The highest BCUT2D eigenvalue weighted by atomic mass is 16.7. The zero-order valence-electron chi connectivity index (χ0n) is 26.6. The average Bonchev–Trinajstić information content (AvgIpc) is 2.95. The van der Waals surface area contributed by atoms with E-state index in [9.17, 15) is 30.6 Å². The predicted octanol–water partition coefficient (Wildman–Crippen LogP) is 2.40. The molecule has 0 radical (unpaired) electrons. The van der Waals surface area contributed by atoms with Gasteiger partial charge in [-0.15, -0.1) is 0 Å². The summed E-state index contributed by atoms with van der Waals surface area (Å²) in [6.45, 7) is 16.4. The molecule has 4 aliphatic rings. The fraction of sp³-hybridized carbons (Fsp3) is 0.938. The van der Waals surface area contributed by atoms with E-state index >= 15 is 0 Å². The Balaban J connectivity index is 1.54. The third kappa shape index (κ3) is 5.98. The normalized spacial score (nSPS) is 51.4. The fourth-order valence-corrected chi connectivity index (χ4v) is 8.08. The lowest BCUT2D eigenvalue weighted by Crippen LogP contribution is -2.62. The number of fused-ring (bicyclic) bond motifs is 1. The van der Waals surface area contributed by atoms with Gasteiger partial charge in [-0.3, -0.25) is 0 Å². The van der Waals surface area contributed by atoms with E-state index in [0.29, 0.717) is 12.8 Å². The van der Waals surface area contributed by atoms with Gasteiger partial charge in [0.1, 0.15) is 36.6 Å². The van der Waals surface area contributed by atoms with Crippen molar-refractivity contribution in [1.29, 1.82) is 0 Å². The maximum atomic E-state index is 10.7. The molecule has 2 aliphatic heterocycles. The van der Waals surface area contributed by atoms with Crippen molar-refractivity contribution >= 4 is 0 Å². The standard InChI is InChI=1S/C32H56O10/c1-9-30(6,42-29-27(38)25(36)23(34)19(5)40-29)13-14-31(7)17(3)15-21(32(8)16(2)11-10-12-20(31)32)41-28-26(37)24(35)22(33)18(4)39-28/h11,17-29,33-38H,9-10,12-15H2,1-8H3/t17-,18-,19-,20-,21-,22-,23+,24+,25+,26+,27-,28-,29+,30-,31-,32+/m0/s1. The summed E-state index contributed by atoms with van der Waals surface area (Å²) in [6, 6.07) is 0. The molecule has 42 heavy (non-hydrogen) atoms. The molecule has 0 amide bonds. The summed E-state index contributed by atoms with van der Waals surface area (Å²) in [5.74, 6) is 0.502. The highest BCUT2D eigenvalue weighted by Crippen LogP contribution is 2.63. The van der Waals surface area contributed by atoms with Gasteiger partial charge in [-0.25, -0.2) is 0 Å². The van der Waals surface area contributed by atoms with Gasteiger partial charge in [-0.05, 0) is 83.5 Å². The first-order valence-electron chi connectivity index (χ1n) is 15.9. The van der Waals surface area contributed by atoms with Gasteiger partial charge in [0, 0.05) is 5.41 Å². The van der Waals surface area contributed by atoms with Crippen LogP contribution in [0.2, 0.25) is 0 Å². The van der Waals surface area contributed by atoms with Crippen LogP contribution < -0.4 is 0 Å². The van der Waals surface area contributed by atoms with Crippen molar-refractivity contribution < 1.29 is 49.6 Å². The van der Waals surface area contributed by atoms with E-state index in [-0.39, 0.29) is 28.8 Å². The van der Waals surface area contributed by atoms with Crippen molar-refractivity contribution in [2.45, 2.75) is 167 Å². The van der Waals surface area contributed by atoms with E-state index in [0.717, 1.165) is 25.7 Å². The van der Waals surface area contributed by atoms with Crippen LogP contribution in [0.15, 0.2) is 11.6 Å². The van der Waals surface area contributed by atoms with E-state index in [1.54, 1.807) is 13.8 Å². The summed E-state index contributed by atoms with van der Waals surface area (Å²) in [5.41, 5.74) is 0.186. The van der Waals surface area contributed by atoms with Gasteiger partial charge in [-0.1, -0.05) is 39.3 Å². The van der Waals surface area contributed by atoms with Crippen LogP contribution in [0.25, 0.3) is 0 Å². The van der Waals surface area contributed by atoms with Crippen LogP contribution in [0.4, 0.5) is 0 Å². The van der Waals surface area contributed by atoms with Gasteiger partial charge in [-0.2, -0.15) is 0 Å². The summed E-state index contributed by atoms with van der Waals surface area (Å²) in [4.78, 5) is 0. The van der Waals surface area contributed by atoms with Gasteiger partial charge in [0.25, 0.3) is 0 Å². The molecule has 0 spiro atoms. The first-order chi connectivity index (χ1) is 19.5. The molecule has 10 nitrogen and oxygen atoms in total. The highest BCUT2D eigenvalue weighted by molar-refractivity contribution is 5.24. The number of hydrogen-bond acceptors (Lipinski definition) is 10. The van der Waals surface area contributed by atoms with Crippen LogP contribution in [-0.4, -0.2) is 104 Å². The molecular weight excluding hydrogens is 544 g/mol. The molecule has 0 bridgehead atoms. The van der Waals surface area contributed by atoms with Crippen molar-refractivity contribution in [3.63, 3.8) is 0 Å². The molecule has 16 atom stereocenters. The summed E-state index contributed by atoms with van der Waals surface area (Å²) in [6.07, 6.45) is -4.23. The minimum Gasteiger partial charge on any atom is -0.388 e. The number of rotatable bonds is 8. The Morgan fingerprint density at radius 2 is 1.43 bits per heavy atom. The largest absolute Gasteiger partial charge is 0.388 e. The van der Waals surface area contributed by atoms with Gasteiger partial charge in [0.15, 0.2) is 12.6 Å². The zero-order chi connectivity index (χ0) is 31.4. The second kappa shape index (κ2) is 12.6. The Kier molecular flexibility index (Phi) is 10.3. The maximum absolute atomic E-state index is 10.7. The molecule has 0 aromatic carbocycles. The molecule has 2 saturated heterocycles. The Morgan fingerprint density at radius 1 is 0.881 bits per heavy atom. The third-order valence-electron chi connectivity index (χ3n) is 11.9. The van der Waals surface area contributed by atoms with Crippen molar-refractivity contribution in [2.75, 3.05) is 0 Å². The molecule has 2 aliphatic carbocycles. The first kappa shape index (κ1) is 34.2. The lowest BCUT2D eigenvalue weighted by Gasteiger charge is -2.61. The first-order valence-corrected chi connectivity index (χ1v) is 15.9. The van der Waals surface area contributed by atoms with Gasteiger partial charge in [0.2, 0.25) is 0 Å². The van der Waals surface area contributed by atoms with E-state index in [2.05, 4.69) is 33.8 Å². The average molecular weight is 601 g/mol. The molecule has 1 saturated carbocycles. The van der Waals surface area contributed by atoms with Crippen molar-refractivity contribution in [1.82, 2.24) is 0 Å². The zero-order valence-corrected chi connectivity index (χ0v) is 26.6. The molecule has 2 heterocycles. The van der Waals surface area contributed by atoms with E-state index in [1.165, 1.54) is 5.57 Å². The van der Waals surface area contributed by atoms with Crippen molar-refractivity contribution in [3.8, 4) is 0 Å². The number of hydrogen-bond donors (Lipinski definition) is 6. The van der Waals surface area contributed by atoms with Crippen molar-refractivity contribution in [3.05, 3.63) is 11.6 Å². The number of aliphatic hydroxyl groups excluding tert-OH is 6. The molecule has 0 aromatic heterocycles. The van der Waals surface area contributed by atoms with Crippen LogP contribution in [0.1, 0.15) is 93.9 Å². The van der Waals surface area contributed by atoms with E-state index < -0.39 is 67.0 Å². The Labute approximate surface area is 251 Å². The minimum atomic E-state index is -1.35. The van der Waals surface area contributed by atoms with E-state index in [4.69, 9.17) is 18.9 Å². The smallest absolute Gasteiger partial charge is 0.187 e. The molecule has 6 N–H and O–H groups in total. The molecule has 10 heteroatoms. The van der Waals surface area contributed by atoms with Gasteiger partial charge < -0.3 is 49.6 Å². The summed E-state index contributed by atoms with van der Waals surface area (Å²) in [7, 11) is 0. The minimum absolute atomic E-state index is 0.0893. The predicted molar refractivity (Wildman–Crippen MR) is 155 cm³/mol. The quantitative estimate of drug-likeness (QED) is 0.229. The topological polar surface area (TPSA) is 158 Å². The number of ether oxygens (including phenoxy) is 4. The Bertz CT molecular complexity index is 962. The van der Waals surface area contributed by atoms with Crippen LogP contribution in [0, 0.1) is 22.7 Å². The lowest BCUT2D eigenvalue weighted by atomic mass is 9.45. The molecule has 0 aromatic rings. The molecule has 3 fully saturated rings. The monoisotopic (exact) mass is 600 g/mol. The molecule has 244 valence electrons. The molecule has 0 unspecified atom stereocenters. The van der Waals surface area contributed by atoms with E-state index in [1.807, 2.05) is 13.8 Å². The number of aliphatic hydroxyl groups is 6. The van der Waals surface area contributed by atoms with Crippen LogP contribution in [0.5, 0.6) is 0 Å². The lowest BCUT2D eigenvalue weighted by molar-refractivity contribution is -0.324. The highest BCUT2D eigenvalue weighted by Gasteiger charge is 2.59. The summed E-state index contributed by atoms with van der Waals surface area (Å²) < 4.78 is 24.6. The third-order valence-corrected chi connectivity index (χ3v) is 11.9. The fourth-order valence-electron chi connectivity index (χ4n) is 8.08. The number of allylic oxidation sites excluding steroid dienone is 1. The second-order valence-electron chi connectivity index (χ2n) is 14.4. The summed E-state index contributed by atoms with van der Waals surface area (Å²) in [5, 5.41) is 62.3. The van der Waals surface area contributed by atoms with Gasteiger partial charge >= 0.3 is 0 Å². The van der Waals surface area contributed by atoms with Gasteiger partial charge in [0.05, 0.1) is 23.9 Å². The van der Waals surface area contributed by atoms with Crippen LogP contribution >= 0.6 is 0 Å². The summed E-state index contributed by atoms with van der Waals surface area (Å²) >= 11 is 0. The molecular formula is C32H56O10. The second-order valence-corrected chi connectivity index (χ2v) is 14.4. The Morgan fingerprint density at radius 3 is 2.00 bits per heavy atom. The molecule has 4 rings (SSSR count). The van der Waals surface area contributed by atoms with Crippen LogP contribution in [0.3, 0.4) is 0 Å².